The molecule has 0 amide bonds. The van der Waals surface area contributed by atoms with Crippen LogP contribution in [0.5, 0.6) is 11.5 Å². The number of nitrogens with zero attached hydrogens (tertiary/aromatic N) is 2. The third-order valence-electron chi connectivity index (χ3n) is 4.45. The first-order valence-corrected chi connectivity index (χ1v) is 8.77. The highest BCUT2D eigenvalue weighted by Gasteiger charge is 2.29. The van der Waals surface area contributed by atoms with E-state index in [-0.39, 0.29) is 10.6 Å². The van der Waals surface area contributed by atoms with Crippen molar-refractivity contribution in [1.82, 2.24) is 4.90 Å². The highest BCUT2D eigenvalue weighted by molar-refractivity contribution is 6.32. The highest BCUT2D eigenvalue weighted by atomic mass is 35.5. The Morgan fingerprint density at radius 3 is 2.50 bits per heavy atom. The Morgan fingerprint density at radius 2 is 1.88 bits per heavy atom. The molecule has 1 fully saturated rings. The van der Waals surface area contributed by atoms with Gasteiger partial charge in [0.1, 0.15) is 0 Å². The van der Waals surface area contributed by atoms with Crippen molar-refractivity contribution in [2.45, 2.75) is 32.0 Å². The van der Waals surface area contributed by atoms with Crippen LogP contribution in [0.3, 0.4) is 0 Å². The second-order valence-electron chi connectivity index (χ2n) is 6.38. The van der Waals surface area contributed by atoms with E-state index in [0.717, 1.165) is 24.0 Å². The summed E-state index contributed by atoms with van der Waals surface area (Å²) in [5.74, 6) is 1.12. The quantitative estimate of drug-likeness (QED) is 0.503. The second kappa shape index (κ2) is 7.93. The number of hydrogen-bond donors (Lipinski definition) is 0. The van der Waals surface area contributed by atoms with Crippen molar-refractivity contribution < 1.29 is 14.4 Å². The molecule has 0 atom stereocenters. The average molecular weight is 377 g/mol. The summed E-state index contributed by atoms with van der Waals surface area (Å²) in [6.45, 7) is 1.34. The van der Waals surface area contributed by atoms with Crippen LogP contribution >= 0.6 is 11.6 Å². The summed E-state index contributed by atoms with van der Waals surface area (Å²) in [6.07, 6.45) is 2.27. The van der Waals surface area contributed by atoms with E-state index in [4.69, 9.17) is 21.1 Å². The van der Waals surface area contributed by atoms with E-state index < -0.39 is 0 Å². The largest absolute Gasteiger partial charge is 0.493 e. The molecular weight excluding hydrogens is 356 g/mol. The Balaban J connectivity index is 1.81. The zero-order chi connectivity index (χ0) is 18.7. The van der Waals surface area contributed by atoms with Crippen LogP contribution in [-0.2, 0) is 13.1 Å². The van der Waals surface area contributed by atoms with Crippen molar-refractivity contribution in [2.75, 3.05) is 14.2 Å². The van der Waals surface area contributed by atoms with Crippen LogP contribution in [0.2, 0.25) is 5.02 Å². The van der Waals surface area contributed by atoms with Gasteiger partial charge in [-0.2, -0.15) is 0 Å². The molecule has 6 nitrogen and oxygen atoms in total. The summed E-state index contributed by atoms with van der Waals surface area (Å²) in [5, 5.41) is 11.5. The van der Waals surface area contributed by atoms with Crippen LogP contribution in [0.15, 0.2) is 36.4 Å². The van der Waals surface area contributed by atoms with Gasteiger partial charge in [-0.05, 0) is 36.1 Å². The lowest BCUT2D eigenvalue weighted by Gasteiger charge is -2.23. The van der Waals surface area contributed by atoms with Gasteiger partial charge in [-0.15, -0.1) is 0 Å². The van der Waals surface area contributed by atoms with E-state index in [1.165, 1.54) is 6.07 Å². The summed E-state index contributed by atoms with van der Waals surface area (Å²) in [4.78, 5) is 13.0. The predicted octanol–water partition coefficient (Wildman–Crippen LogP) is 4.43. The van der Waals surface area contributed by atoms with Crippen molar-refractivity contribution in [3.8, 4) is 11.5 Å². The molecule has 0 aliphatic heterocycles. The molecule has 7 heteroatoms. The highest BCUT2D eigenvalue weighted by Crippen LogP contribution is 2.37. The summed E-state index contributed by atoms with van der Waals surface area (Å²) < 4.78 is 10.7. The monoisotopic (exact) mass is 376 g/mol. The Hall–Kier alpha value is -2.31. The number of hydrogen-bond acceptors (Lipinski definition) is 5. The lowest BCUT2D eigenvalue weighted by atomic mass is 10.1. The number of non-ortho nitro benzene ring substituents is 1. The summed E-state index contributed by atoms with van der Waals surface area (Å²) in [7, 11) is 3.14. The van der Waals surface area contributed by atoms with Crippen molar-refractivity contribution in [3.63, 3.8) is 0 Å². The second-order valence-corrected chi connectivity index (χ2v) is 6.78. The smallest absolute Gasteiger partial charge is 0.269 e. The first kappa shape index (κ1) is 18.5. The summed E-state index contributed by atoms with van der Waals surface area (Å²) >= 11 is 6.31. The first-order chi connectivity index (χ1) is 12.5. The van der Waals surface area contributed by atoms with E-state index in [1.807, 2.05) is 18.2 Å². The molecule has 1 aliphatic rings. The van der Waals surface area contributed by atoms with Gasteiger partial charge in [-0.1, -0.05) is 23.7 Å². The lowest BCUT2D eigenvalue weighted by molar-refractivity contribution is -0.384. The molecule has 0 saturated heterocycles. The number of nitro groups is 1. The van der Waals surface area contributed by atoms with Gasteiger partial charge in [0.15, 0.2) is 11.5 Å². The van der Waals surface area contributed by atoms with Crippen LogP contribution in [0.1, 0.15) is 24.0 Å². The molecule has 3 rings (SSSR count). The number of benzene rings is 2. The molecule has 0 N–H and O–H groups in total. The zero-order valence-corrected chi connectivity index (χ0v) is 15.5. The van der Waals surface area contributed by atoms with Gasteiger partial charge in [0.05, 0.1) is 24.2 Å². The maximum absolute atomic E-state index is 11.0. The fourth-order valence-electron chi connectivity index (χ4n) is 3.05. The standard InChI is InChI=1S/C19H21ClN2O4/c1-25-18-10-14(9-17(20)19(18)26-2)12-21(15-6-7-15)11-13-4-3-5-16(8-13)22(23)24/h3-5,8-10,15H,6-7,11-12H2,1-2H3. The lowest BCUT2D eigenvalue weighted by Crippen LogP contribution is -2.25. The fourth-order valence-corrected chi connectivity index (χ4v) is 3.36. The van der Waals surface area contributed by atoms with Gasteiger partial charge in [-0.3, -0.25) is 15.0 Å². The molecule has 1 aliphatic carbocycles. The van der Waals surface area contributed by atoms with Gasteiger partial charge in [-0.25, -0.2) is 0 Å². The minimum Gasteiger partial charge on any atom is -0.493 e. The molecule has 0 unspecified atom stereocenters. The Bertz CT molecular complexity index is 808. The van der Waals surface area contributed by atoms with E-state index in [0.29, 0.717) is 35.7 Å². The Morgan fingerprint density at radius 1 is 1.15 bits per heavy atom. The molecule has 0 aromatic heterocycles. The average Bonchev–Trinajstić information content (AvgIpc) is 3.46. The van der Waals surface area contributed by atoms with Gasteiger partial charge in [0.2, 0.25) is 0 Å². The molecule has 0 heterocycles. The minimum atomic E-state index is -0.362. The maximum Gasteiger partial charge on any atom is 0.269 e. The molecule has 1 saturated carbocycles. The van der Waals surface area contributed by atoms with E-state index >= 15 is 0 Å². The van der Waals surface area contributed by atoms with Crippen molar-refractivity contribution in [3.05, 3.63) is 62.7 Å². The van der Waals surface area contributed by atoms with Crippen molar-refractivity contribution >= 4 is 17.3 Å². The molecule has 26 heavy (non-hydrogen) atoms. The summed E-state index contributed by atoms with van der Waals surface area (Å²) in [6, 6.07) is 11.1. The van der Waals surface area contributed by atoms with Gasteiger partial charge in [0, 0.05) is 31.3 Å². The molecule has 2 aromatic carbocycles. The fraction of sp³-hybridized carbons (Fsp3) is 0.368. The van der Waals surface area contributed by atoms with Crippen LogP contribution < -0.4 is 9.47 Å². The van der Waals surface area contributed by atoms with Gasteiger partial charge < -0.3 is 9.47 Å². The van der Waals surface area contributed by atoms with Gasteiger partial charge >= 0.3 is 0 Å². The van der Waals surface area contributed by atoms with Crippen molar-refractivity contribution in [1.29, 1.82) is 0 Å². The first-order valence-electron chi connectivity index (χ1n) is 8.39. The number of nitro benzene ring substituents is 1. The van der Waals surface area contributed by atoms with Crippen LogP contribution in [0, 0.1) is 10.1 Å². The SMILES string of the molecule is COc1cc(CN(Cc2cccc([N+](=O)[O-])c2)C2CC2)cc(Cl)c1OC. The predicted molar refractivity (Wildman–Crippen MR) is 99.9 cm³/mol. The number of halogens is 1. The Labute approximate surface area is 157 Å². The zero-order valence-electron chi connectivity index (χ0n) is 14.8. The molecule has 2 aromatic rings. The molecule has 138 valence electrons. The summed E-state index contributed by atoms with van der Waals surface area (Å²) in [5.41, 5.74) is 2.06. The van der Waals surface area contributed by atoms with Crippen LogP contribution in [0.25, 0.3) is 0 Å². The molecular formula is C19H21ClN2O4. The molecule has 0 bridgehead atoms. The van der Waals surface area contributed by atoms with E-state index in [1.54, 1.807) is 26.4 Å². The third kappa shape index (κ3) is 4.26. The number of rotatable bonds is 8. The van der Waals surface area contributed by atoms with Gasteiger partial charge in [0.25, 0.3) is 5.69 Å². The normalized spacial score (nSPS) is 13.7. The van der Waals surface area contributed by atoms with E-state index in [9.17, 15) is 10.1 Å². The minimum absolute atomic E-state index is 0.118. The molecule has 0 radical (unpaired) electrons. The number of methoxy groups -OCH3 is 2. The van der Waals surface area contributed by atoms with E-state index in [2.05, 4.69) is 4.90 Å². The van der Waals surface area contributed by atoms with Crippen molar-refractivity contribution in [2.24, 2.45) is 0 Å². The van der Waals surface area contributed by atoms with Crippen LogP contribution in [0.4, 0.5) is 5.69 Å². The topological polar surface area (TPSA) is 64.8 Å². The molecule has 0 spiro atoms. The number of ether oxygens (including phenoxy) is 2. The third-order valence-corrected chi connectivity index (χ3v) is 4.73. The Kier molecular flexibility index (Phi) is 5.64. The maximum atomic E-state index is 11.0. The van der Waals surface area contributed by atoms with Crippen LogP contribution in [-0.4, -0.2) is 30.1 Å².